The molecule has 0 heterocycles. The lowest BCUT2D eigenvalue weighted by molar-refractivity contribution is 0.414. The van der Waals surface area contributed by atoms with Crippen molar-refractivity contribution >= 4 is 11.6 Å². The average Bonchev–Trinajstić information content (AvgIpc) is 2.64. The van der Waals surface area contributed by atoms with Crippen LogP contribution < -0.4 is 20.3 Å². The summed E-state index contributed by atoms with van der Waals surface area (Å²) in [6, 6.07) is 16.5. The molecule has 5 heteroatoms. The van der Waals surface area contributed by atoms with Crippen LogP contribution in [-0.2, 0) is 13.1 Å². The zero-order chi connectivity index (χ0) is 18.1. The highest BCUT2D eigenvalue weighted by atomic mass is 16.5. The molecule has 0 saturated heterocycles. The Morgan fingerprint density at radius 1 is 0.960 bits per heavy atom. The maximum Gasteiger partial charge on any atom is 0.191 e. The zero-order valence-corrected chi connectivity index (χ0v) is 15.5. The van der Waals surface area contributed by atoms with E-state index >= 15 is 0 Å². The zero-order valence-electron chi connectivity index (χ0n) is 15.5. The fourth-order valence-electron chi connectivity index (χ4n) is 2.34. The summed E-state index contributed by atoms with van der Waals surface area (Å²) in [4.78, 5) is 6.74. The summed E-state index contributed by atoms with van der Waals surface area (Å²) in [7, 11) is 5.76. The van der Waals surface area contributed by atoms with E-state index in [4.69, 9.17) is 4.74 Å². The summed E-state index contributed by atoms with van der Waals surface area (Å²) in [5.41, 5.74) is 3.57. The Morgan fingerprint density at radius 2 is 1.60 bits per heavy atom. The monoisotopic (exact) mass is 340 g/mol. The standard InChI is InChI=1S/C20H28N4O/c1-5-21-20(23-15-17-8-12-19(25-4)13-9-17)22-14-16-6-10-18(11-7-16)24(2)3/h6-13H,5,14-15H2,1-4H3,(H2,21,22,23). The highest BCUT2D eigenvalue weighted by molar-refractivity contribution is 5.79. The largest absolute Gasteiger partial charge is 0.497 e. The van der Waals surface area contributed by atoms with Gasteiger partial charge in [-0.05, 0) is 42.3 Å². The van der Waals surface area contributed by atoms with Gasteiger partial charge in [0.05, 0.1) is 13.7 Å². The molecule has 0 aliphatic heterocycles. The Hall–Kier alpha value is -2.69. The van der Waals surface area contributed by atoms with E-state index in [-0.39, 0.29) is 0 Å². The number of nitrogens with zero attached hydrogens (tertiary/aromatic N) is 2. The third-order valence-electron chi connectivity index (χ3n) is 3.84. The number of ether oxygens (including phenoxy) is 1. The van der Waals surface area contributed by atoms with Gasteiger partial charge in [0.25, 0.3) is 0 Å². The Kier molecular flexibility index (Phi) is 7.14. The molecule has 0 radical (unpaired) electrons. The van der Waals surface area contributed by atoms with Crippen LogP contribution in [0.3, 0.4) is 0 Å². The molecule has 25 heavy (non-hydrogen) atoms. The van der Waals surface area contributed by atoms with Gasteiger partial charge in [-0.15, -0.1) is 0 Å². The van der Waals surface area contributed by atoms with Gasteiger partial charge in [0.1, 0.15) is 5.75 Å². The van der Waals surface area contributed by atoms with Crippen LogP contribution in [0.25, 0.3) is 0 Å². The molecule has 0 saturated carbocycles. The fourth-order valence-corrected chi connectivity index (χ4v) is 2.34. The van der Waals surface area contributed by atoms with Crippen molar-refractivity contribution in [3.8, 4) is 5.75 Å². The van der Waals surface area contributed by atoms with Crippen molar-refractivity contribution < 1.29 is 4.74 Å². The number of guanidine groups is 1. The molecule has 2 aromatic rings. The van der Waals surface area contributed by atoms with Crippen LogP contribution in [0.15, 0.2) is 53.5 Å². The summed E-state index contributed by atoms with van der Waals surface area (Å²) in [5.74, 6) is 1.67. The lowest BCUT2D eigenvalue weighted by atomic mass is 10.2. The Bertz CT molecular complexity index is 663. The van der Waals surface area contributed by atoms with Crippen molar-refractivity contribution in [3.63, 3.8) is 0 Å². The highest BCUT2D eigenvalue weighted by Gasteiger charge is 2.00. The first-order valence-corrected chi connectivity index (χ1v) is 8.53. The number of rotatable bonds is 7. The molecular weight excluding hydrogens is 312 g/mol. The van der Waals surface area contributed by atoms with E-state index in [0.29, 0.717) is 6.54 Å². The number of hydrogen-bond acceptors (Lipinski definition) is 3. The minimum atomic E-state index is 0.624. The SMILES string of the molecule is CCNC(=NCc1ccc(OC)cc1)NCc1ccc(N(C)C)cc1. The summed E-state index contributed by atoms with van der Waals surface area (Å²) in [5, 5.41) is 6.66. The van der Waals surface area contributed by atoms with Crippen molar-refractivity contribution in [1.29, 1.82) is 0 Å². The molecule has 0 atom stereocenters. The summed E-state index contributed by atoms with van der Waals surface area (Å²) in [6.45, 7) is 4.26. The molecule has 2 N–H and O–H groups in total. The van der Waals surface area contributed by atoms with Gasteiger partial charge in [-0.3, -0.25) is 0 Å². The summed E-state index contributed by atoms with van der Waals surface area (Å²) in [6.07, 6.45) is 0. The molecule has 5 nitrogen and oxygen atoms in total. The van der Waals surface area contributed by atoms with E-state index in [0.717, 1.165) is 30.4 Å². The Labute approximate surface area is 150 Å². The molecule has 0 spiro atoms. The molecular formula is C20H28N4O. The van der Waals surface area contributed by atoms with Gasteiger partial charge in [0.2, 0.25) is 0 Å². The van der Waals surface area contributed by atoms with Crippen molar-refractivity contribution in [2.45, 2.75) is 20.0 Å². The first-order chi connectivity index (χ1) is 12.1. The minimum Gasteiger partial charge on any atom is -0.497 e. The number of hydrogen-bond donors (Lipinski definition) is 2. The minimum absolute atomic E-state index is 0.624. The number of methoxy groups -OCH3 is 1. The molecule has 0 aromatic heterocycles. The molecule has 2 rings (SSSR count). The van der Waals surface area contributed by atoms with Crippen LogP contribution in [0.2, 0.25) is 0 Å². The number of anilines is 1. The van der Waals surface area contributed by atoms with E-state index in [2.05, 4.69) is 51.7 Å². The quantitative estimate of drug-likeness (QED) is 0.601. The molecule has 134 valence electrons. The van der Waals surface area contributed by atoms with Gasteiger partial charge in [0.15, 0.2) is 5.96 Å². The third kappa shape index (κ3) is 6.03. The molecule has 2 aromatic carbocycles. The summed E-state index contributed by atoms with van der Waals surface area (Å²) < 4.78 is 5.18. The average molecular weight is 340 g/mol. The Morgan fingerprint density at radius 3 is 2.16 bits per heavy atom. The van der Waals surface area contributed by atoms with Crippen molar-refractivity contribution in [2.75, 3.05) is 32.6 Å². The van der Waals surface area contributed by atoms with Crippen LogP contribution in [0.5, 0.6) is 5.75 Å². The second-order valence-electron chi connectivity index (χ2n) is 5.96. The maximum absolute atomic E-state index is 5.18. The third-order valence-corrected chi connectivity index (χ3v) is 3.84. The van der Waals surface area contributed by atoms with Gasteiger partial charge >= 0.3 is 0 Å². The number of aliphatic imine (C=N–C) groups is 1. The smallest absolute Gasteiger partial charge is 0.191 e. The molecule has 0 fully saturated rings. The molecule has 0 aliphatic rings. The first-order valence-electron chi connectivity index (χ1n) is 8.53. The van der Waals surface area contributed by atoms with E-state index in [1.807, 2.05) is 38.4 Å². The topological polar surface area (TPSA) is 48.9 Å². The number of nitrogens with one attached hydrogen (secondary N) is 2. The van der Waals surface area contributed by atoms with E-state index < -0.39 is 0 Å². The van der Waals surface area contributed by atoms with Gasteiger partial charge in [-0.1, -0.05) is 24.3 Å². The highest BCUT2D eigenvalue weighted by Crippen LogP contribution is 2.13. The van der Waals surface area contributed by atoms with Gasteiger partial charge in [-0.2, -0.15) is 0 Å². The van der Waals surface area contributed by atoms with Crippen molar-refractivity contribution in [1.82, 2.24) is 10.6 Å². The predicted molar refractivity (Wildman–Crippen MR) is 105 cm³/mol. The lowest BCUT2D eigenvalue weighted by Crippen LogP contribution is -2.36. The second-order valence-corrected chi connectivity index (χ2v) is 5.96. The van der Waals surface area contributed by atoms with Crippen LogP contribution in [0.4, 0.5) is 5.69 Å². The summed E-state index contributed by atoms with van der Waals surface area (Å²) >= 11 is 0. The van der Waals surface area contributed by atoms with Crippen LogP contribution in [0.1, 0.15) is 18.1 Å². The van der Waals surface area contributed by atoms with Gasteiger partial charge in [-0.25, -0.2) is 4.99 Å². The van der Waals surface area contributed by atoms with Crippen molar-refractivity contribution in [3.05, 3.63) is 59.7 Å². The lowest BCUT2D eigenvalue weighted by Gasteiger charge is -2.14. The van der Waals surface area contributed by atoms with Crippen LogP contribution >= 0.6 is 0 Å². The van der Waals surface area contributed by atoms with E-state index in [1.165, 1.54) is 11.3 Å². The van der Waals surface area contributed by atoms with Crippen LogP contribution in [0, 0.1) is 0 Å². The van der Waals surface area contributed by atoms with Gasteiger partial charge in [0, 0.05) is 32.9 Å². The number of benzene rings is 2. The van der Waals surface area contributed by atoms with Crippen LogP contribution in [-0.4, -0.2) is 33.7 Å². The maximum atomic E-state index is 5.18. The molecule has 0 aliphatic carbocycles. The first kappa shape index (κ1) is 18.6. The molecule has 0 unspecified atom stereocenters. The van der Waals surface area contributed by atoms with E-state index in [9.17, 15) is 0 Å². The fraction of sp³-hybridized carbons (Fsp3) is 0.350. The normalized spacial score (nSPS) is 11.1. The predicted octanol–water partition coefficient (Wildman–Crippen LogP) is 3.02. The molecule has 0 bridgehead atoms. The second kappa shape index (κ2) is 9.57. The van der Waals surface area contributed by atoms with Gasteiger partial charge < -0.3 is 20.3 Å². The molecule has 0 amide bonds. The van der Waals surface area contributed by atoms with E-state index in [1.54, 1.807) is 7.11 Å². The Balaban J connectivity index is 1.94. The van der Waals surface area contributed by atoms with Crippen molar-refractivity contribution in [2.24, 2.45) is 4.99 Å².